The predicted octanol–water partition coefficient (Wildman–Crippen LogP) is 0.184. The van der Waals surface area contributed by atoms with E-state index < -0.39 is 18.1 Å². The number of hydrogen-bond donors (Lipinski definition) is 1. The second-order valence-electron chi connectivity index (χ2n) is 5.02. The number of rotatable bonds is 6. The van der Waals surface area contributed by atoms with E-state index in [-0.39, 0.29) is 25.0 Å². The number of carbonyl (C=O) groups is 2. The number of amides is 1. The van der Waals surface area contributed by atoms with Crippen LogP contribution in [0, 0.1) is 5.92 Å². The molecule has 1 aliphatic rings. The molecule has 110 valence electrons. The third kappa shape index (κ3) is 4.80. The predicted molar refractivity (Wildman–Crippen MR) is 68.4 cm³/mol. The standard InChI is InChI=1S/C13H23NO5/c1-9(13(17)18-3)7-14(8-10(2)15)12(16)11-5-4-6-19-11/h9-11,15H,4-8H2,1-3H3. The van der Waals surface area contributed by atoms with Crippen LogP contribution in [0.15, 0.2) is 0 Å². The highest BCUT2D eigenvalue weighted by Crippen LogP contribution is 2.16. The van der Waals surface area contributed by atoms with Crippen molar-refractivity contribution in [1.82, 2.24) is 4.90 Å². The summed E-state index contributed by atoms with van der Waals surface area (Å²) in [5.41, 5.74) is 0. The van der Waals surface area contributed by atoms with Crippen molar-refractivity contribution >= 4 is 11.9 Å². The number of hydrogen-bond acceptors (Lipinski definition) is 5. The summed E-state index contributed by atoms with van der Waals surface area (Å²) in [5, 5.41) is 9.47. The van der Waals surface area contributed by atoms with Gasteiger partial charge in [0, 0.05) is 19.7 Å². The minimum absolute atomic E-state index is 0.158. The lowest BCUT2D eigenvalue weighted by Crippen LogP contribution is -2.45. The van der Waals surface area contributed by atoms with Crippen LogP contribution in [0.5, 0.6) is 0 Å². The first-order valence-corrected chi connectivity index (χ1v) is 6.62. The Morgan fingerprint density at radius 1 is 1.42 bits per heavy atom. The fourth-order valence-electron chi connectivity index (χ4n) is 2.16. The molecule has 1 saturated heterocycles. The Kier molecular flexibility index (Phi) is 6.24. The number of methoxy groups -OCH3 is 1. The lowest BCUT2D eigenvalue weighted by Gasteiger charge is -2.28. The van der Waals surface area contributed by atoms with Gasteiger partial charge in [0.15, 0.2) is 0 Å². The summed E-state index contributed by atoms with van der Waals surface area (Å²) in [6.45, 7) is 4.32. The van der Waals surface area contributed by atoms with E-state index in [4.69, 9.17) is 4.74 Å². The van der Waals surface area contributed by atoms with Crippen LogP contribution in [0.1, 0.15) is 26.7 Å². The molecule has 0 spiro atoms. The van der Waals surface area contributed by atoms with Crippen LogP contribution in [0.2, 0.25) is 0 Å². The van der Waals surface area contributed by atoms with Crippen molar-refractivity contribution < 1.29 is 24.2 Å². The van der Waals surface area contributed by atoms with Crippen molar-refractivity contribution in [1.29, 1.82) is 0 Å². The van der Waals surface area contributed by atoms with E-state index in [2.05, 4.69) is 4.74 Å². The molecule has 0 aromatic heterocycles. The van der Waals surface area contributed by atoms with Gasteiger partial charge in [-0.25, -0.2) is 0 Å². The first kappa shape index (κ1) is 15.9. The third-order valence-electron chi connectivity index (χ3n) is 3.10. The molecule has 1 rings (SSSR count). The quantitative estimate of drug-likeness (QED) is 0.699. The first-order valence-electron chi connectivity index (χ1n) is 6.62. The van der Waals surface area contributed by atoms with Crippen LogP contribution in [0.25, 0.3) is 0 Å². The molecular formula is C13H23NO5. The Morgan fingerprint density at radius 3 is 2.58 bits per heavy atom. The molecule has 1 heterocycles. The van der Waals surface area contributed by atoms with E-state index in [1.807, 2.05) is 0 Å². The van der Waals surface area contributed by atoms with Crippen LogP contribution in [0.4, 0.5) is 0 Å². The number of aliphatic hydroxyl groups excluding tert-OH is 1. The molecule has 0 aromatic rings. The number of nitrogens with zero attached hydrogens (tertiary/aromatic N) is 1. The molecule has 0 saturated carbocycles. The minimum atomic E-state index is -0.643. The summed E-state index contributed by atoms with van der Waals surface area (Å²) in [6, 6.07) is 0. The minimum Gasteiger partial charge on any atom is -0.469 e. The van der Waals surface area contributed by atoms with Gasteiger partial charge in [0.1, 0.15) is 6.10 Å². The second-order valence-corrected chi connectivity index (χ2v) is 5.02. The van der Waals surface area contributed by atoms with Gasteiger partial charge < -0.3 is 19.5 Å². The molecule has 19 heavy (non-hydrogen) atoms. The van der Waals surface area contributed by atoms with Gasteiger partial charge in [-0.15, -0.1) is 0 Å². The summed E-state index contributed by atoms with van der Waals surface area (Å²) in [4.78, 5) is 25.2. The molecule has 0 aromatic carbocycles. The van der Waals surface area contributed by atoms with Crippen LogP contribution in [-0.2, 0) is 19.1 Å². The largest absolute Gasteiger partial charge is 0.469 e. The monoisotopic (exact) mass is 273 g/mol. The van der Waals surface area contributed by atoms with Gasteiger partial charge in [-0.2, -0.15) is 0 Å². The third-order valence-corrected chi connectivity index (χ3v) is 3.10. The maximum absolute atomic E-state index is 12.3. The van der Waals surface area contributed by atoms with Gasteiger partial charge in [0.2, 0.25) is 0 Å². The summed E-state index contributed by atoms with van der Waals surface area (Å²) < 4.78 is 10.0. The van der Waals surface area contributed by atoms with Crippen LogP contribution in [0.3, 0.4) is 0 Å². The highest BCUT2D eigenvalue weighted by atomic mass is 16.5. The van der Waals surface area contributed by atoms with Gasteiger partial charge in [-0.05, 0) is 19.8 Å². The van der Waals surface area contributed by atoms with Gasteiger partial charge in [0.05, 0.1) is 19.1 Å². The molecule has 1 fully saturated rings. The molecular weight excluding hydrogens is 250 g/mol. The molecule has 0 radical (unpaired) electrons. The lowest BCUT2D eigenvalue weighted by molar-refractivity contribution is -0.149. The van der Waals surface area contributed by atoms with Gasteiger partial charge in [0.25, 0.3) is 5.91 Å². The van der Waals surface area contributed by atoms with E-state index in [1.54, 1.807) is 13.8 Å². The van der Waals surface area contributed by atoms with Gasteiger partial charge in [-0.1, -0.05) is 6.92 Å². The Labute approximate surface area is 113 Å². The van der Waals surface area contributed by atoms with E-state index in [0.29, 0.717) is 13.0 Å². The summed E-state index contributed by atoms with van der Waals surface area (Å²) in [7, 11) is 1.32. The summed E-state index contributed by atoms with van der Waals surface area (Å²) in [6.07, 6.45) is 0.478. The molecule has 0 aliphatic carbocycles. The Hall–Kier alpha value is -1.14. The number of aliphatic hydroxyl groups is 1. The van der Waals surface area contributed by atoms with E-state index in [9.17, 15) is 14.7 Å². The molecule has 1 amide bonds. The summed E-state index contributed by atoms with van der Waals surface area (Å²) in [5.74, 6) is -0.945. The highest BCUT2D eigenvalue weighted by molar-refractivity contribution is 5.82. The Bertz CT molecular complexity index is 312. The Balaban J connectivity index is 2.64. The van der Waals surface area contributed by atoms with E-state index in [0.717, 1.165) is 6.42 Å². The van der Waals surface area contributed by atoms with Crippen molar-refractivity contribution in [2.24, 2.45) is 5.92 Å². The molecule has 6 nitrogen and oxygen atoms in total. The topological polar surface area (TPSA) is 76.1 Å². The second kappa shape index (κ2) is 7.45. The van der Waals surface area contributed by atoms with Crippen molar-refractivity contribution in [3.63, 3.8) is 0 Å². The molecule has 1 aliphatic heterocycles. The van der Waals surface area contributed by atoms with Crippen molar-refractivity contribution in [3.05, 3.63) is 0 Å². The zero-order chi connectivity index (χ0) is 14.4. The fourth-order valence-corrected chi connectivity index (χ4v) is 2.16. The smallest absolute Gasteiger partial charge is 0.310 e. The van der Waals surface area contributed by atoms with Crippen molar-refractivity contribution in [3.8, 4) is 0 Å². The maximum Gasteiger partial charge on any atom is 0.310 e. The van der Waals surface area contributed by atoms with E-state index >= 15 is 0 Å². The highest BCUT2D eigenvalue weighted by Gasteiger charge is 2.30. The van der Waals surface area contributed by atoms with E-state index in [1.165, 1.54) is 12.0 Å². The number of ether oxygens (including phenoxy) is 2. The zero-order valence-electron chi connectivity index (χ0n) is 11.8. The number of esters is 1. The molecule has 6 heteroatoms. The van der Waals surface area contributed by atoms with Crippen molar-refractivity contribution in [2.75, 3.05) is 26.8 Å². The molecule has 3 unspecified atom stereocenters. The van der Waals surface area contributed by atoms with Gasteiger partial charge >= 0.3 is 5.97 Å². The average Bonchev–Trinajstić information content (AvgIpc) is 2.89. The first-order chi connectivity index (χ1) is 8.95. The normalized spacial score (nSPS) is 21.8. The Morgan fingerprint density at radius 2 is 2.11 bits per heavy atom. The molecule has 3 atom stereocenters. The van der Waals surface area contributed by atoms with Crippen LogP contribution in [-0.4, -0.2) is 60.9 Å². The fraction of sp³-hybridized carbons (Fsp3) is 0.846. The maximum atomic E-state index is 12.3. The van der Waals surface area contributed by atoms with Gasteiger partial charge in [-0.3, -0.25) is 9.59 Å². The van der Waals surface area contributed by atoms with Crippen LogP contribution >= 0.6 is 0 Å². The average molecular weight is 273 g/mol. The molecule has 1 N–H and O–H groups in total. The number of carbonyl (C=O) groups excluding carboxylic acids is 2. The van der Waals surface area contributed by atoms with Crippen LogP contribution < -0.4 is 0 Å². The van der Waals surface area contributed by atoms with Crippen molar-refractivity contribution in [2.45, 2.75) is 38.9 Å². The zero-order valence-corrected chi connectivity index (χ0v) is 11.8. The molecule has 0 bridgehead atoms. The SMILES string of the molecule is COC(=O)C(C)CN(CC(C)O)C(=O)C1CCCO1. The lowest BCUT2D eigenvalue weighted by atomic mass is 10.1. The summed E-state index contributed by atoms with van der Waals surface area (Å²) >= 11 is 0.